The molecule has 0 fully saturated rings. The average molecular weight is 502 g/mol. The Balaban J connectivity index is 5.13. The van der Waals surface area contributed by atoms with Gasteiger partial charge in [0, 0.05) is 58.4 Å². The van der Waals surface area contributed by atoms with Gasteiger partial charge in [0.15, 0.2) is 0 Å². The number of hydrogen-bond acceptors (Lipinski definition) is 9. The van der Waals surface area contributed by atoms with Gasteiger partial charge in [-0.15, -0.1) is 0 Å². The third-order valence-corrected chi connectivity index (χ3v) is 5.59. The number of carbonyl (C=O) groups is 4. The van der Waals surface area contributed by atoms with Gasteiger partial charge < -0.3 is 37.6 Å². The van der Waals surface area contributed by atoms with Crippen LogP contribution in [-0.4, -0.2) is 96.5 Å². The molecule has 0 rings (SSSR count). The van der Waals surface area contributed by atoms with Crippen LogP contribution >= 0.6 is 0 Å². The van der Waals surface area contributed by atoms with Crippen molar-refractivity contribution in [3.8, 4) is 0 Å². The highest BCUT2D eigenvalue weighted by Gasteiger charge is 2.33. The molecular weight excluding hydrogens is 458 g/mol. The summed E-state index contributed by atoms with van der Waals surface area (Å²) in [6, 6.07) is 0. The summed E-state index contributed by atoms with van der Waals surface area (Å²) < 4.78 is 0. The lowest BCUT2D eigenvalue weighted by Crippen LogP contribution is -2.69. The van der Waals surface area contributed by atoms with E-state index in [1.54, 1.807) is 11.9 Å². The second-order valence-electron chi connectivity index (χ2n) is 8.34. The van der Waals surface area contributed by atoms with Gasteiger partial charge in [-0.2, -0.15) is 0 Å². The summed E-state index contributed by atoms with van der Waals surface area (Å²) >= 11 is 0. The van der Waals surface area contributed by atoms with Crippen molar-refractivity contribution in [2.24, 2.45) is 11.5 Å². The van der Waals surface area contributed by atoms with Crippen LogP contribution in [0.2, 0.25) is 0 Å². The van der Waals surface area contributed by atoms with Gasteiger partial charge in [-0.3, -0.25) is 29.4 Å². The van der Waals surface area contributed by atoms with Crippen LogP contribution in [0.1, 0.15) is 45.4 Å². The maximum absolute atomic E-state index is 12.4. The van der Waals surface area contributed by atoms with Crippen LogP contribution in [0, 0.1) is 0 Å². The third-order valence-electron chi connectivity index (χ3n) is 5.59. The molecule has 0 aromatic rings. The zero-order chi connectivity index (χ0) is 26.9. The number of nitrogens with one attached hydrogen (secondary N) is 4. The fraction of sp³-hybridized carbons (Fsp3) is 0.727. The minimum atomic E-state index is -1.05. The molecule has 0 aromatic heterocycles. The van der Waals surface area contributed by atoms with Gasteiger partial charge >= 0.3 is 11.9 Å². The summed E-state index contributed by atoms with van der Waals surface area (Å²) in [7, 11) is 1.76. The molecule has 0 aliphatic rings. The Hall–Kier alpha value is -2.58. The predicted molar refractivity (Wildman–Crippen MR) is 132 cm³/mol. The fourth-order valence-electron chi connectivity index (χ4n) is 3.37. The number of carboxylic acid groups (broad SMARTS) is 2. The summed E-state index contributed by atoms with van der Waals surface area (Å²) in [5, 5.41) is 29.7. The van der Waals surface area contributed by atoms with Crippen molar-refractivity contribution in [3.63, 3.8) is 0 Å². The Morgan fingerprint density at radius 2 is 1.49 bits per heavy atom. The number of rotatable bonds is 21. The molecule has 202 valence electrons. The van der Waals surface area contributed by atoms with Crippen LogP contribution in [-0.2, 0) is 19.2 Å². The van der Waals surface area contributed by atoms with Crippen LogP contribution in [0.5, 0.6) is 0 Å². The van der Waals surface area contributed by atoms with Crippen LogP contribution in [0.15, 0.2) is 12.7 Å². The van der Waals surface area contributed by atoms with Gasteiger partial charge in [0.1, 0.15) is 11.3 Å². The van der Waals surface area contributed by atoms with Gasteiger partial charge in [-0.25, -0.2) is 0 Å². The van der Waals surface area contributed by atoms with Gasteiger partial charge in [0.25, 0.3) is 0 Å². The molecule has 0 aromatic carbocycles. The molecule has 0 bridgehead atoms. The number of nitrogens with zero attached hydrogens (tertiary/aromatic N) is 1. The highest BCUT2D eigenvalue weighted by molar-refractivity contribution is 5.78. The molecule has 0 saturated heterocycles. The molecule has 0 heterocycles. The Bertz CT molecular complexity index is 708. The summed E-state index contributed by atoms with van der Waals surface area (Å²) in [5.74, 6) is -2.58. The smallest absolute Gasteiger partial charge is 0.303 e. The molecule has 0 spiro atoms. The highest BCUT2D eigenvalue weighted by atomic mass is 16.4. The van der Waals surface area contributed by atoms with E-state index in [9.17, 15) is 19.2 Å². The zero-order valence-corrected chi connectivity index (χ0v) is 20.9. The van der Waals surface area contributed by atoms with E-state index in [0.29, 0.717) is 26.2 Å². The van der Waals surface area contributed by atoms with Crippen molar-refractivity contribution in [1.82, 2.24) is 26.2 Å². The van der Waals surface area contributed by atoms with Gasteiger partial charge in [-0.05, 0) is 26.4 Å². The first-order valence-electron chi connectivity index (χ1n) is 11.8. The van der Waals surface area contributed by atoms with E-state index in [1.807, 2.05) is 6.92 Å². The molecule has 10 N–H and O–H groups in total. The average Bonchev–Trinajstić information content (AvgIpc) is 2.80. The van der Waals surface area contributed by atoms with E-state index in [-0.39, 0.29) is 63.4 Å². The maximum Gasteiger partial charge on any atom is 0.303 e. The van der Waals surface area contributed by atoms with Gasteiger partial charge in [-0.1, -0.05) is 19.6 Å². The second kappa shape index (κ2) is 16.9. The Labute approximate surface area is 207 Å². The monoisotopic (exact) mass is 501 g/mol. The molecular formula is C22H43N7O6. The van der Waals surface area contributed by atoms with Crippen LogP contribution in [0.4, 0.5) is 0 Å². The summed E-state index contributed by atoms with van der Waals surface area (Å²) in [6.45, 7) is 7.59. The van der Waals surface area contributed by atoms with Crippen LogP contribution in [0.25, 0.3) is 0 Å². The van der Waals surface area contributed by atoms with E-state index in [4.69, 9.17) is 21.7 Å². The standard InChI is InChI=1S/C22H43N7O6/c1-4-22(15-24,28-18(31)9-7-11-20(34)35)29(3)13-12-26-21(14-23,16-25-5-2)27-17(30)8-6-10-19(32)33/h4,25-26H,1,5-16,23-24H2,2-3H3,(H,27,30)(H,28,31)(H,32,33)(H,34,35). The number of nitrogens with two attached hydrogens (primary N) is 2. The molecule has 35 heavy (non-hydrogen) atoms. The minimum absolute atomic E-state index is 0.0391. The molecule has 2 atom stereocenters. The molecule has 0 saturated carbocycles. The fourth-order valence-corrected chi connectivity index (χ4v) is 3.37. The highest BCUT2D eigenvalue weighted by Crippen LogP contribution is 2.11. The number of hydrogen-bond donors (Lipinski definition) is 8. The van der Waals surface area contributed by atoms with Gasteiger partial charge in [0.05, 0.1) is 0 Å². The lowest BCUT2D eigenvalue weighted by Gasteiger charge is -2.41. The zero-order valence-electron chi connectivity index (χ0n) is 20.9. The van der Waals surface area contributed by atoms with Crippen molar-refractivity contribution in [2.45, 2.75) is 56.8 Å². The van der Waals surface area contributed by atoms with E-state index < -0.39 is 23.3 Å². The molecule has 13 heteroatoms. The molecule has 0 radical (unpaired) electrons. The summed E-state index contributed by atoms with van der Waals surface area (Å²) in [5.41, 5.74) is 9.95. The Kier molecular flexibility index (Phi) is 15.7. The van der Waals surface area contributed by atoms with E-state index in [0.717, 1.165) is 0 Å². The van der Waals surface area contributed by atoms with Crippen molar-refractivity contribution < 1.29 is 29.4 Å². The minimum Gasteiger partial charge on any atom is -0.481 e. The molecule has 2 unspecified atom stereocenters. The number of carbonyl (C=O) groups excluding carboxylic acids is 2. The lowest BCUT2D eigenvalue weighted by molar-refractivity contribution is -0.138. The third kappa shape index (κ3) is 12.6. The normalized spacial score (nSPS) is 14.5. The summed E-state index contributed by atoms with van der Waals surface area (Å²) in [6.07, 6.45) is 1.85. The Morgan fingerprint density at radius 1 is 0.943 bits per heavy atom. The number of aliphatic carboxylic acids is 2. The predicted octanol–water partition coefficient (Wildman–Crippen LogP) is -1.64. The van der Waals surface area contributed by atoms with E-state index in [2.05, 4.69) is 27.8 Å². The molecule has 2 amide bonds. The van der Waals surface area contributed by atoms with E-state index in [1.165, 1.54) is 6.08 Å². The molecule has 13 nitrogen and oxygen atoms in total. The lowest BCUT2D eigenvalue weighted by atomic mass is 10.1. The topological polar surface area (TPSA) is 212 Å². The van der Waals surface area contributed by atoms with Crippen molar-refractivity contribution >= 4 is 23.8 Å². The van der Waals surface area contributed by atoms with E-state index >= 15 is 0 Å². The Morgan fingerprint density at radius 3 is 1.91 bits per heavy atom. The number of amides is 2. The van der Waals surface area contributed by atoms with Crippen LogP contribution < -0.4 is 32.7 Å². The molecule has 0 aliphatic carbocycles. The number of carboxylic acids is 2. The number of likely N-dealkylation sites (N-methyl/N-ethyl adjacent to an activating group) is 2. The first-order valence-corrected chi connectivity index (χ1v) is 11.8. The first kappa shape index (κ1) is 32.4. The first-order chi connectivity index (χ1) is 16.5. The SMILES string of the molecule is C=CC(CN)(NC(=O)CCCC(=O)O)N(C)CCNC(CN)(CNCC)NC(=O)CCCC(=O)O. The quantitative estimate of drug-likeness (QED) is 0.0659. The van der Waals surface area contributed by atoms with Crippen molar-refractivity contribution in [3.05, 3.63) is 12.7 Å². The van der Waals surface area contributed by atoms with Crippen molar-refractivity contribution in [2.75, 3.05) is 46.3 Å². The van der Waals surface area contributed by atoms with Crippen molar-refractivity contribution in [1.29, 1.82) is 0 Å². The molecule has 0 aliphatic heterocycles. The summed E-state index contributed by atoms with van der Waals surface area (Å²) in [4.78, 5) is 47.9. The second-order valence-corrected chi connectivity index (χ2v) is 8.34. The van der Waals surface area contributed by atoms with Crippen LogP contribution in [0.3, 0.4) is 0 Å². The van der Waals surface area contributed by atoms with Gasteiger partial charge in [0.2, 0.25) is 11.8 Å². The maximum atomic E-state index is 12.4. The largest absolute Gasteiger partial charge is 0.481 e.